The fourth-order valence-electron chi connectivity index (χ4n) is 1.73. The summed E-state index contributed by atoms with van der Waals surface area (Å²) >= 11 is 0. The summed E-state index contributed by atoms with van der Waals surface area (Å²) in [6, 6.07) is 0. The lowest BCUT2D eigenvalue weighted by atomic mass is 9.86. The molecule has 0 saturated carbocycles. The van der Waals surface area contributed by atoms with E-state index >= 15 is 0 Å². The van der Waals surface area contributed by atoms with Gasteiger partial charge in [-0.2, -0.15) is 0 Å². The van der Waals surface area contributed by atoms with Gasteiger partial charge in [0, 0.05) is 0 Å². The molecule has 12 heavy (non-hydrogen) atoms. The van der Waals surface area contributed by atoms with Crippen LogP contribution in [0.15, 0.2) is 0 Å². The summed E-state index contributed by atoms with van der Waals surface area (Å²) in [5.41, 5.74) is -0.257. The summed E-state index contributed by atoms with van der Waals surface area (Å²) in [5, 5.41) is 0. The van der Waals surface area contributed by atoms with Gasteiger partial charge >= 0.3 is 7.60 Å². The van der Waals surface area contributed by atoms with Crippen LogP contribution in [0.5, 0.6) is 0 Å². The predicted molar refractivity (Wildman–Crippen MR) is 50.1 cm³/mol. The molecule has 0 aliphatic heterocycles. The van der Waals surface area contributed by atoms with Crippen LogP contribution in [-0.2, 0) is 4.57 Å². The molecule has 0 atom stereocenters. The van der Waals surface area contributed by atoms with Crippen LogP contribution in [0.4, 0.5) is 0 Å². The Balaban J connectivity index is 4.14. The lowest BCUT2D eigenvalue weighted by Crippen LogP contribution is -2.19. The highest BCUT2D eigenvalue weighted by atomic mass is 31.2. The first-order valence-electron chi connectivity index (χ1n) is 4.17. The zero-order chi connectivity index (χ0) is 9.99. The van der Waals surface area contributed by atoms with Gasteiger partial charge in [0.25, 0.3) is 0 Å². The van der Waals surface area contributed by atoms with E-state index in [4.69, 9.17) is 9.79 Å². The minimum atomic E-state index is -3.84. The first-order chi connectivity index (χ1) is 5.12. The first-order valence-corrected chi connectivity index (χ1v) is 5.97. The maximum absolute atomic E-state index is 10.7. The number of rotatable bonds is 4. The van der Waals surface area contributed by atoms with Crippen molar-refractivity contribution in [3.05, 3.63) is 0 Å². The Morgan fingerprint density at radius 2 is 1.75 bits per heavy atom. The largest absolute Gasteiger partial charge is 0.326 e. The second kappa shape index (κ2) is 3.91. The molecule has 0 aliphatic rings. The second-order valence-corrected chi connectivity index (χ2v) is 6.23. The predicted octanol–water partition coefficient (Wildman–Crippen LogP) is 2.24. The zero-order valence-corrected chi connectivity index (χ0v) is 9.14. The van der Waals surface area contributed by atoms with Gasteiger partial charge in [0.2, 0.25) is 0 Å². The Kier molecular flexibility index (Phi) is 3.95. The van der Waals surface area contributed by atoms with Crippen LogP contribution >= 0.6 is 7.60 Å². The van der Waals surface area contributed by atoms with Gasteiger partial charge in [0.1, 0.15) is 0 Å². The van der Waals surface area contributed by atoms with Gasteiger partial charge in [-0.05, 0) is 17.8 Å². The molecule has 2 N–H and O–H groups in total. The van der Waals surface area contributed by atoms with Crippen LogP contribution in [-0.4, -0.2) is 15.9 Å². The summed E-state index contributed by atoms with van der Waals surface area (Å²) < 4.78 is 10.7. The van der Waals surface area contributed by atoms with Gasteiger partial charge in [-0.1, -0.05) is 27.7 Å². The molecule has 0 spiro atoms. The summed E-state index contributed by atoms with van der Waals surface area (Å²) in [6.45, 7) is 7.90. The van der Waals surface area contributed by atoms with Gasteiger partial charge in [-0.3, -0.25) is 4.57 Å². The van der Waals surface area contributed by atoms with Crippen molar-refractivity contribution >= 4 is 7.60 Å². The van der Waals surface area contributed by atoms with Crippen LogP contribution in [0.25, 0.3) is 0 Å². The molecule has 74 valence electrons. The molecule has 0 saturated heterocycles. The molecule has 0 aliphatic carbocycles. The van der Waals surface area contributed by atoms with E-state index in [1.807, 2.05) is 13.8 Å². The van der Waals surface area contributed by atoms with E-state index in [0.717, 1.165) is 6.42 Å². The highest BCUT2D eigenvalue weighted by molar-refractivity contribution is 7.51. The summed E-state index contributed by atoms with van der Waals surface area (Å²) in [6.07, 6.45) is 0.830. The van der Waals surface area contributed by atoms with E-state index < -0.39 is 7.60 Å². The molecular formula is C8H19O3P. The molecular weight excluding hydrogens is 175 g/mol. The normalized spacial score (nSPS) is 13.9. The molecule has 4 heteroatoms. The maximum Gasteiger partial charge on any atom is 0.326 e. The zero-order valence-electron chi connectivity index (χ0n) is 8.24. The van der Waals surface area contributed by atoms with E-state index in [0.29, 0.717) is 5.92 Å². The fraction of sp³-hybridized carbons (Fsp3) is 1.00. The molecule has 0 aromatic heterocycles. The van der Waals surface area contributed by atoms with Crippen molar-refractivity contribution in [2.24, 2.45) is 11.3 Å². The van der Waals surface area contributed by atoms with Crippen molar-refractivity contribution in [3.8, 4) is 0 Å². The summed E-state index contributed by atoms with van der Waals surface area (Å²) in [5.74, 6) is 0.478. The van der Waals surface area contributed by atoms with Crippen LogP contribution in [0.3, 0.4) is 0 Å². The minimum Gasteiger partial charge on any atom is -0.324 e. The molecule has 3 nitrogen and oxygen atoms in total. The number of hydrogen-bond acceptors (Lipinski definition) is 1. The lowest BCUT2D eigenvalue weighted by Gasteiger charge is -2.26. The third-order valence-electron chi connectivity index (χ3n) is 1.59. The van der Waals surface area contributed by atoms with Crippen molar-refractivity contribution < 1.29 is 14.4 Å². The molecule has 0 rings (SSSR count). The Morgan fingerprint density at radius 1 is 1.33 bits per heavy atom. The first kappa shape index (κ1) is 12.2. The number of hydrogen-bond donors (Lipinski definition) is 2. The van der Waals surface area contributed by atoms with Gasteiger partial charge < -0.3 is 9.79 Å². The third-order valence-corrected chi connectivity index (χ3v) is 2.86. The van der Waals surface area contributed by atoms with E-state index in [9.17, 15) is 4.57 Å². The second-order valence-electron chi connectivity index (χ2n) is 4.58. The SMILES string of the molecule is CC(C)CC(C)(C)CP(=O)(O)O. The van der Waals surface area contributed by atoms with Crippen LogP contribution in [0.2, 0.25) is 0 Å². The van der Waals surface area contributed by atoms with Crippen LogP contribution < -0.4 is 0 Å². The highest BCUT2D eigenvalue weighted by Gasteiger charge is 2.28. The van der Waals surface area contributed by atoms with Gasteiger partial charge in [-0.15, -0.1) is 0 Å². The van der Waals surface area contributed by atoms with E-state index in [1.54, 1.807) is 0 Å². The van der Waals surface area contributed by atoms with Crippen LogP contribution in [0.1, 0.15) is 34.1 Å². The minimum absolute atomic E-state index is 0.0157. The molecule has 0 bridgehead atoms. The smallest absolute Gasteiger partial charge is 0.324 e. The van der Waals surface area contributed by atoms with E-state index in [1.165, 1.54) is 0 Å². The van der Waals surface area contributed by atoms with Crippen LogP contribution in [0, 0.1) is 11.3 Å². The van der Waals surface area contributed by atoms with E-state index in [-0.39, 0.29) is 11.6 Å². The Morgan fingerprint density at radius 3 is 2.00 bits per heavy atom. The fourth-order valence-corrected chi connectivity index (χ4v) is 2.97. The monoisotopic (exact) mass is 194 g/mol. The van der Waals surface area contributed by atoms with Crippen molar-refractivity contribution in [1.29, 1.82) is 0 Å². The van der Waals surface area contributed by atoms with Crippen molar-refractivity contribution in [1.82, 2.24) is 0 Å². The summed E-state index contributed by atoms with van der Waals surface area (Å²) in [7, 11) is -3.84. The van der Waals surface area contributed by atoms with Gasteiger partial charge in [-0.25, -0.2) is 0 Å². The third kappa shape index (κ3) is 6.84. The van der Waals surface area contributed by atoms with Crippen molar-refractivity contribution in [2.75, 3.05) is 6.16 Å². The Bertz CT molecular complexity index is 181. The highest BCUT2D eigenvalue weighted by Crippen LogP contribution is 2.43. The van der Waals surface area contributed by atoms with Crippen molar-refractivity contribution in [2.45, 2.75) is 34.1 Å². The average Bonchev–Trinajstić information content (AvgIpc) is 1.48. The molecule has 0 aromatic carbocycles. The van der Waals surface area contributed by atoms with E-state index in [2.05, 4.69) is 13.8 Å². The average molecular weight is 194 g/mol. The topological polar surface area (TPSA) is 57.5 Å². The van der Waals surface area contributed by atoms with Gasteiger partial charge in [0.15, 0.2) is 0 Å². The lowest BCUT2D eigenvalue weighted by molar-refractivity contribution is 0.289. The maximum atomic E-state index is 10.7. The molecule has 0 heterocycles. The quantitative estimate of drug-likeness (QED) is 0.675. The molecule has 0 amide bonds. The summed E-state index contributed by atoms with van der Waals surface area (Å²) in [4.78, 5) is 17.6. The molecule has 0 aromatic rings. The Hall–Kier alpha value is 0.150. The molecule has 0 fully saturated rings. The Labute approximate surface area is 74.3 Å². The molecule has 0 radical (unpaired) electrons. The standard InChI is InChI=1S/C8H19O3P/c1-7(2)5-8(3,4)6-12(9,10)11/h7H,5-6H2,1-4H3,(H2,9,10,11). The van der Waals surface area contributed by atoms with Crippen molar-refractivity contribution in [3.63, 3.8) is 0 Å². The van der Waals surface area contributed by atoms with Gasteiger partial charge in [0.05, 0.1) is 6.16 Å². The molecule has 0 unspecified atom stereocenters.